The van der Waals surface area contributed by atoms with Crippen LogP contribution in [-0.4, -0.2) is 17.8 Å². The van der Waals surface area contributed by atoms with E-state index < -0.39 is 6.10 Å². The molecule has 2 heteroatoms. The Kier molecular flexibility index (Phi) is 5.60. The third-order valence-corrected chi connectivity index (χ3v) is 4.68. The van der Waals surface area contributed by atoms with Gasteiger partial charge in [-0.05, 0) is 54.7 Å². The fourth-order valence-corrected chi connectivity index (χ4v) is 3.37. The highest BCUT2D eigenvalue weighted by molar-refractivity contribution is 5.55. The first-order chi connectivity index (χ1) is 10.4. The van der Waals surface area contributed by atoms with Crippen molar-refractivity contribution >= 4 is 6.08 Å². The third-order valence-electron chi connectivity index (χ3n) is 4.68. The van der Waals surface area contributed by atoms with Crippen LogP contribution in [0, 0.1) is 5.41 Å². The Morgan fingerprint density at radius 2 is 2.09 bits per heavy atom. The first kappa shape index (κ1) is 17.0. The number of benzene rings is 1. The zero-order valence-electron chi connectivity index (χ0n) is 14.1. The summed E-state index contributed by atoms with van der Waals surface area (Å²) in [5.74, 6) is 0. The highest BCUT2D eigenvalue weighted by Crippen LogP contribution is 2.40. The molecule has 1 unspecified atom stereocenters. The molecule has 0 saturated carbocycles. The van der Waals surface area contributed by atoms with Crippen LogP contribution in [0.5, 0.6) is 0 Å². The van der Waals surface area contributed by atoms with Crippen LogP contribution in [0.2, 0.25) is 0 Å². The normalized spacial score (nSPS) is 19.7. The van der Waals surface area contributed by atoms with Crippen molar-refractivity contribution in [2.24, 2.45) is 11.1 Å². The van der Waals surface area contributed by atoms with Crippen molar-refractivity contribution in [2.75, 3.05) is 6.54 Å². The molecule has 1 aliphatic carbocycles. The van der Waals surface area contributed by atoms with Gasteiger partial charge in [0.25, 0.3) is 0 Å². The molecule has 120 valence electrons. The lowest BCUT2D eigenvalue weighted by molar-refractivity contribution is 0.183. The van der Waals surface area contributed by atoms with Gasteiger partial charge in [0.15, 0.2) is 0 Å². The molecule has 0 radical (unpaired) electrons. The molecule has 0 saturated heterocycles. The van der Waals surface area contributed by atoms with E-state index in [9.17, 15) is 5.11 Å². The van der Waals surface area contributed by atoms with E-state index in [1.165, 1.54) is 36.0 Å². The highest BCUT2D eigenvalue weighted by atomic mass is 16.3. The molecule has 1 aliphatic rings. The molecule has 1 atom stereocenters. The van der Waals surface area contributed by atoms with Gasteiger partial charge in [-0.1, -0.05) is 55.8 Å². The number of hydrogen-bond acceptors (Lipinski definition) is 2. The first-order valence-corrected chi connectivity index (χ1v) is 8.28. The monoisotopic (exact) mass is 299 g/mol. The minimum atomic E-state index is -0.457. The van der Waals surface area contributed by atoms with Crippen LogP contribution < -0.4 is 5.73 Å². The fraction of sp³-hybridized carbons (Fsp3) is 0.500. The lowest BCUT2D eigenvalue weighted by Crippen LogP contribution is -2.21. The summed E-state index contributed by atoms with van der Waals surface area (Å²) >= 11 is 0. The second-order valence-corrected chi connectivity index (χ2v) is 7.10. The lowest BCUT2D eigenvalue weighted by Gasteiger charge is -2.32. The van der Waals surface area contributed by atoms with Crippen LogP contribution in [0.4, 0.5) is 0 Å². The maximum atomic E-state index is 9.69. The maximum absolute atomic E-state index is 9.69. The molecule has 1 aromatic carbocycles. The Labute approximate surface area is 134 Å². The smallest absolute Gasteiger partial charge is 0.0702 e. The summed E-state index contributed by atoms with van der Waals surface area (Å²) in [6.45, 7) is 7.24. The Morgan fingerprint density at radius 3 is 2.77 bits per heavy atom. The van der Waals surface area contributed by atoms with E-state index in [-0.39, 0.29) is 5.41 Å². The van der Waals surface area contributed by atoms with Crippen molar-refractivity contribution in [3.05, 3.63) is 52.6 Å². The van der Waals surface area contributed by atoms with Crippen LogP contribution in [0.3, 0.4) is 0 Å². The molecule has 0 spiro atoms. The Hall–Kier alpha value is -1.38. The van der Waals surface area contributed by atoms with Crippen molar-refractivity contribution in [1.29, 1.82) is 0 Å². The van der Waals surface area contributed by atoms with Crippen molar-refractivity contribution < 1.29 is 5.11 Å². The summed E-state index contributed by atoms with van der Waals surface area (Å²) in [6.07, 6.45) is 8.41. The lowest BCUT2D eigenvalue weighted by atomic mass is 9.72. The fourth-order valence-electron chi connectivity index (χ4n) is 3.37. The van der Waals surface area contributed by atoms with Gasteiger partial charge in [-0.3, -0.25) is 0 Å². The van der Waals surface area contributed by atoms with E-state index in [0.717, 1.165) is 5.56 Å². The predicted octanol–water partition coefficient (Wildman–Crippen LogP) is 4.09. The van der Waals surface area contributed by atoms with Crippen molar-refractivity contribution in [3.8, 4) is 0 Å². The molecule has 3 N–H and O–H groups in total. The quantitative estimate of drug-likeness (QED) is 0.860. The van der Waals surface area contributed by atoms with Crippen LogP contribution in [0.25, 0.3) is 6.08 Å². The molecule has 0 aromatic heterocycles. The Morgan fingerprint density at radius 1 is 1.32 bits per heavy atom. The maximum Gasteiger partial charge on any atom is 0.0702 e. The van der Waals surface area contributed by atoms with E-state index in [2.05, 4.69) is 45.1 Å². The molecule has 2 nitrogen and oxygen atoms in total. The SMILES string of the molecule is CC1=C(C=Cc2cccc(CC(O)CN)c2)C(C)(C)CCC1. The second-order valence-electron chi connectivity index (χ2n) is 7.10. The summed E-state index contributed by atoms with van der Waals surface area (Å²) in [7, 11) is 0. The molecule has 0 bridgehead atoms. The zero-order valence-corrected chi connectivity index (χ0v) is 14.1. The van der Waals surface area contributed by atoms with Crippen molar-refractivity contribution in [3.63, 3.8) is 0 Å². The molecule has 0 heterocycles. The molecule has 0 aliphatic heterocycles. The standard InChI is InChI=1S/C20H29NO/c1-15-6-5-11-20(2,3)19(15)10-9-16-7-4-8-17(12-16)13-18(22)14-21/h4,7-10,12,18,22H,5-6,11,13-14,21H2,1-3H3. The third kappa shape index (κ3) is 4.31. The molecule has 2 rings (SSSR count). The minimum absolute atomic E-state index is 0.270. The van der Waals surface area contributed by atoms with Gasteiger partial charge in [-0.25, -0.2) is 0 Å². The molecule has 22 heavy (non-hydrogen) atoms. The van der Waals surface area contributed by atoms with E-state index in [1.54, 1.807) is 0 Å². The Bertz CT molecular complexity index is 569. The van der Waals surface area contributed by atoms with Gasteiger partial charge >= 0.3 is 0 Å². The van der Waals surface area contributed by atoms with E-state index in [4.69, 9.17) is 5.73 Å². The molecular weight excluding hydrogens is 270 g/mol. The minimum Gasteiger partial charge on any atom is -0.391 e. The molecular formula is C20H29NO. The van der Waals surface area contributed by atoms with Gasteiger partial charge in [-0.15, -0.1) is 0 Å². The number of aliphatic hydroxyl groups excluding tert-OH is 1. The van der Waals surface area contributed by atoms with Gasteiger partial charge < -0.3 is 10.8 Å². The number of hydrogen-bond donors (Lipinski definition) is 2. The van der Waals surface area contributed by atoms with E-state index in [1.807, 2.05) is 12.1 Å². The summed E-state index contributed by atoms with van der Waals surface area (Å²) < 4.78 is 0. The van der Waals surface area contributed by atoms with Gasteiger partial charge in [0.2, 0.25) is 0 Å². The molecule has 1 aromatic rings. The Balaban J connectivity index is 2.18. The molecule has 0 amide bonds. The largest absolute Gasteiger partial charge is 0.391 e. The number of rotatable bonds is 5. The number of allylic oxidation sites excluding steroid dienone is 3. The zero-order chi connectivity index (χ0) is 16.2. The topological polar surface area (TPSA) is 46.2 Å². The van der Waals surface area contributed by atoms with Crippen LogP contribution >= 0.6 is 0 Å². The highest BCUT2D eigenvalue weighted by Gasteiger charge is 2.26. The van der Waals surface area contributed by atoms with E-state index in [0.29, 0.717) is 13.0 Å². The summed E-state index contributed by atoms with van der Waals surface area (Å²) in [5.41, 5.74) is 11.1. The summed E-state index contributed by atoms with van der Waals surface area (Å²) in [6, 6.07) is 8.35. The van der Waals surface area contributed by atoms with Gasteiger partial charge in [0.05, 0.1) is 6.10 Å². The van der Waals surface area contributed by atoms with Crippen LogP contribution in [0.1, 0.15) is 51.2 Å². The predicted molar refractivity (Wildman–Crippen MR) is 94.6 cm³/mol. The second kappa shape index (κ2) is 7.26. The summed E-state index contributed by atoms with van der Waals surface area (Å²) in [4.78, 5) is 0. The van der Waals surface area contributed by atoms with Crippen molar-refractivity contribution in [2.45, 2.75) is 52.6 Å². The van der Waals surface area contributed by atoms with Gasteiger partial charge in [0, 0.05) is 6.54 Å². The first-order valence-electron chi connectivity index (χ1n) is 8.28. The van der Waals surface area contributed by atoms with E-state index >= 15 is 0 Å². The number of aliphatic hydroxyl groups is 1. The van der Waals surface area contributed by atoms with Crippen molar-refractivity contribution in [1.82, 2.24) is 0 Å². The average molecular weight is 299 g/mol. The summed E-state index contributed by atoms with van der Waals surface area (Å²) in [5, 5.41) is 9.69. The van der Waals surface area contributed by atoms with Gasteiger partial charge in [0.1, 0.15) is 0 Å². The van der Waals surface area contributed by atoms with Gasteiger partial charge in [-0.2, -0.15) is 0 Å². The van der Waals surface area contributed by atoms with Crippen LogP contribution in [0.15, 0.2) is 41.5 Å². The molecule has 0 fully saturated rings. The number of nitrogens with two attached hydrogens (primary N) is 1. The van der Waals surface area contributed by atoms with Crippen LogP contribution in [-0.2, 0) is 6.42 Å². The average Bonchev–Trinajstić information content (AvgIpc) is 2.46.